The number of nitrogens with zero attached hydrogens (tertiary/aromatic N) is 5. The van der Waals surface area contributed by atoms with E-state index in [0.29, 0.717) is 49.6 Å². The molecule has 0 spiro atoms. The Morgan fingerprint density at radius 2 is 2.00 bits per heavy atom. The number of aromatic amines is 1. The van der Waals surface area contributed by atoms with Gasteiger partial charge in [0.05, 0.1) is 34.7 Å². The summed E-state index contributed by atoms with van der Waals surface area (Å²) in [5, 5.41) is 23.9. The lowest BCUT2D eigenvalue weighted by molar-refractivity contribution is -0.126. The molecule has 2 amide bonds. The maximum atomic E-state index is 14.1. The summed E-state index contributed by atoms with van der Waals surface area (Å²) in [5.41, 5.74) is 5.94. The van der Waals surface area contributed by atoms with Crippen molar-refractivity contribution in [2.45, 2.75) is 44.1 Å². The molecule has 1 saturated carbocycles. The van der Waals surface area contributed by atoms with Crippen LogP contribution in [0.25, 0.3) is 16.6 Å². The number of fused-ring (bicyclic) bond motifs is 1. The van der Waals surface area contributed by atoms with Crippen molar-refractivity contribution >= 4 is 38.6 Å². The molecule has 7 rings (SSSR count). The van der Waals surface area contributed by atoms with Crippen LogP contribution in [0.1, 0.15) is 64.1 Å². The van der Waals surface area contributed by atoms with E-state index in [4.69, 9.17) is 5.10 Å². The molecule has 2 aromatic heterocycles. The van der Waals surface area contributed by atoms with Gasteiger partial charge in [-0.15, -0.1) is 0 Å². The van der Waals surface area contributed by atoms with Gasteiger partial charge in [-0.1, -0.05) is 19.1 Å². The summed E-state index contributed by atoms with van der Waals surface area (Å²) in [6, 6.07) is 9.22. The van der Waals surface area contributed by atoms with E-state index in [-0.39, 0.29) is 23.6 Å². The third kappa shape index (κ3) is 3.88. The van der Waals surface area contributed by atoms with Crippen molar-refractivity contribution in [3.8, 4) is 11.4 Å². The molecule has 1 aliphatic carbocycles. The molecule has 1 unspecified atom stereocenters. The fourth-order valence-corrected chi connectivity index (χ4v) is 6.86. The Labute approximate surface area is 239 Å². The van der Waals surface area contributed by atoms with E-state index in [1.54, 1.807) is 11.1 Å². The SMILES string of the molecule is C=CC(=O)N1CCc2nn(-c3ccc(C4CCC4)cc3O)c3c2C(C1)N(C(=O)c1ccc(Br)c2[nH]ncc12)CC3. The zero-order valence-corrected chi connectivity index (χ0v) is 23.5. The summed E-state index contributed by atoms with van der Waals surface area (Å²) >= 11 is 3.53. The summed E-state index contributed by atoms with van der Waals surface area (Å²) in [7, 11) is 0. The number of phenolic OH excluding ortho intramolecular Hbond substituents is 1. The van der Waals surface area contributed by atoms with Crippen molar-refractivity contribution in [2.24, 2.45) is 0 Å². The number of rotatable bonds is 4. The molecular formula is C30H29BrN6O3. The molecule has 1 fully saturated rings. The normalized spacial score (nSPS) is 18.8. The summed E-state index contributed by atoms with van der Waals surface area (Å²) in [6.07, 6.45) is 7.68. The maximum absolute atomic E-state index is 14.1. The number of aromatic nitrogens is 4. The monoisotopic (exact) mass is 600 g/mol. The second kappa shape index (κ2) is 9.62. The molecule has 9 nitrogen and oxygen atoms in total. The first-order valence-corrected chi connectivity index (χ1v) is 14.5. The third-order valence-corrected chi connectivity index (χ3v) is 9.42. The Kier molecular flexibility index (Phi) is 6.03. The van der Waals surface area contributed by atoms with Gasteiger partial charge in [-0.05, 0) is 70.6 Å². The number of hydrogen-bond acceptors (Lipinski definition) is 5. The molecule has 2 aliphatic heterocycles. The fraction of sp³-hybridized carbons (Fsp3) is 0.333. The molecule has 204 valence electrons. The van der Waals surface area contributed by atoms with E-state index in [0.717, 1.165) is 45.2 Å². The summed E-state index contributed by atoms with van der Waals surface area (Å²) in [6.45, 7) is 4.96. The molecule has 1 atom stereocenters. The molecule has 0 radical (unpaired) electrons. The summed E-state index contributed by atoms with van der Waals surface area (Å²) in [4.78, 5) is 30.5. The standard InChI is InChI=1S/C30H29BrN6O3/c1-2-27(39)35-12-10-22-28-24(37(34-22)23-9-6-18(14-26(23)38)17-4-3-5-17)11-13-36(25(28)16-35)30(40)19-7-8-21(31)29-20(19)15-32-33-29/h2,6-9,14-15,17,25,38H,1,3-5,10-13,16H2,(H,32,33). The van der Waals surface area contributed by atoms with Crippen LogP contribution in [0.2, 0.25) is 0 Å². The Bertz CT molecular complexity index is 1690. The predicted octanol–water partition coefficient (Wildman–Crippen LogP) is 4.79. The minimum absolute atomic E-state index is 0.117. The van der Waals surface area contributed by atoms with Gasteiger partial charge >= 0.3 is 0 Å². The van der Waals surface area contributed by atoms with E-state index < -0.39 is 0 Å². The Morgan fingerprint density at radius 1 is 1.15 bits per heavy atom. The van der Waals surface area contributed by atoms with Crippen LogP contribution < -0.4 is 0 Å². The van der Waals surface area contributed by atoms with Crippen LogP contribution in [-0.4, -0.2) is 66.3 Å². The lowest BCUT2D eigenvalue weighted by atomic mass is 9.80. The Balaban J connectivity index is 1.31. The first kappa shape index (κ1) is 25.1. The molecule has 4 aromatic rings. The highest BCUT2D eigenvalue weighted by molar-refractivity contribution is 9.10. The molecule has 0 saturated heterocycles. The number of aromatic hydroxyl groups is 1. The van der Waals surface area contributed by atoms with E-state index in [1.807, 2.05) is 33.8 Å². The zero-order chi connectivity index (χ0) is 27.5. The second-order valence-electron chi connectivity index (χ2n) is 10.9. The second-order valence-corrected chi connectivity index (χ2v) is 11.7. The third-order valence-electron chi connectivity index (χ3n) is 8.76. The molecule has 40 heavy (non-hydrogen) atoms. The molecule has 4 heterocycles. The lowest BCUT2D eigenvalue weighted by Crippen LogP contribution is -2.45. The topological polar surface area (TPSA) is 107 Å². The highest BCUT2D eigenvalue weighted by Gasteiger charge is 2.40. The quantitative estimate of drug-likeness (QED) is 0.327. The van der Waals surface area contributed by atoms with Crippen LogP contribution in [0.15, 0.2) is 53.7 Å². The van der Waals surface area contributed by atoms with Gasteiger partial charge in [0.2, 0.25) is 5.91 Å². The highest BCUT2D eigenvalue weighted by Crippen LogP contribution is 2.41. The van der Waals surface area contributed by atoms with Crippen molar-refractivity contribution < 1.29 is 14.7 Å². The summed E-state index contributed by atoms with van der Waals surface area (Å²) < 4.78 is 2.69. The van der Waals surface area contributed by atoms with Gasteiger partial charge in [0, 0.05) is 47.9 Å². The van der Waals surface area contributed by atoms with Crippen molar-refractivity contribution in [3.05, 3.63) is 81.7 Å². The number of benzene rings is 2. The Morgan fingerprint density at radius 3 is 2.75 bits per heavy atom. The van der Waals surface area contributed by atoms with E-state index in [9.17, 15) is 14.7 Å². The average Bonchev–Trinajstić information content (AvgIpc) is 3.51. The van der Waals surface area contributed by atoms with Crippen LogP contribution in [0.5, 0.6) is 5.75 Å². The molecular weight excluding hydrogens is 572 g/mol. The van der Waals surface area contributed by atoms with Crippen LogP contribution in [-0.2, 0) is 17.6 Å². The van der Waals surface area contributed by atoms with Crippen LogP contribution in [0.3, 0.4) is 0 Å². The maximum Gasteiger partial charge on any atom is 0.255 e. The molecule has 3 aliphatic rings. The number of halogens is 1. The average molecular weight is 602 g/mol. The van der Waals surface area contributed by atoms with Gasteiger partial charge in [-0.2, -0.15) is 10.2 Å². The van der Waals surface area contributed by atoms with Gasteiger partial charge < -0.3 is 14.9 Å². The zero-order valence-electron chi connectivity index (χ0n) is 21.9. The molecule has 10 heteroatoms. The van der Waals surface area contributed by atoms with Gasteiger partial charge in [-0.3, -0.25) is 14.7 Å². The van der Waals surface area contributed by atoms with Gasteiger partial charge in [0.25, 0.3) is 5.91 Å². The van der Waals surface area contributed by atoms with Crippen molar-refractivity contribution in [3.63, 3.8) is 0 Å². The molecule has 2 N–H and O–H groups in total. The van der Waals surface area contributed by atoms with E-state index in [1.165, 1.54) is 18.1 Å². The smallest absolute Gasteiger partial charge is 0.255 e. The van der Waals surface area contributed by atoms with E-state index in [2.05, 4.69) is 38.8 Å². The van der Waals surface area contributed by atoms with E-state index >= 15 is 0 Å². The number of hydrogen-bond donors (Lipinski definition) is 2. The summed E-state index contributed by atoms with van der Waals surface area (Å²) in [5.74, 6) is 0.454. The van der Waals surface area contributed by atoms with Crippen LogP contribution >= 0.6 is 15.9 Å². The van der Waals surface area contributed by atoms with Crippen LogP contribution in [0, 0.1) is 0 Å². The van der Waals surface area contributed by atoms with Crippen molar-refractivity contribution in [1.29, 1.82) is 0 Å². The largest absolute Gasteiger partial charge is 0.506 e. The Hall–Kier alpha value is -3.92. The van der Waals surface area contributed by atoms with Crippen molar-refractivity contribution in [1.82, 2.24) is 29.8 Å². The molecule has 2 aromatic carbocycles. The lowest BCUT2D eigenvalue weighted by Gasteiger charge is -2.38. The number of amides is 2. The first-order chi connectivity index (χ1) is 19.4. The first-order valence-electron chi connectivity index (χ1n) is 13.7. The number of nitrogens with one attached hydrogen (secondary N) is 1. The fourth-order valence-electron chi connectivity index (χ4n) is 6.42. The number of carbonyl (C=O) groups excluding carboxylic acids is 2. The van der Waals surface area contributed by atoms with Gasteiger partial charge in [-0.25, -0.2) is 4.68 Å². The van der Waals surface area contributed by atoms with Gasteiger partial charge in [0.15, 0.2) is 0 Å². The number of phenols is 1. The minimum Gasteiger partial charge on any atom is -0.506 e. The minimum atomic E-state index is -0.381. The number of carbonyl (C=O) groups is 2. The van der Waals surface area contributed by atoms with Crippen LogP contribution in [0.4, 0.5) is 0 Å². The van der Waals surface area contributed by atoms with Crippen molar-refractivity contribution in [2.75, 3.05) is 19.6 Å². The number of H-pyrrole nitrogens is 1. The van der Waals surface area contributed by atoms with Gasteiger partial charge in [0.1, 0.15) is 11.4 Å². The molecule has 0 bridgehead atoms. The highest BCUT2D eigenvalue weighted by atomic mass is 79.9. The predicted molar refractivity (Wildman–Crippen MR) is 154 cm³/mol.